The fourth-order valence-corrected chi connectivity index (χ4v) is 2.13. The molecule has 0 aliphatic rings. The molecule has 0 unspecified atom stereocenters. The Morgan fingerprint density at radius 2 is 1.69 bits per heavy atom. The van der Waals surface area contributed by atoms with E-state index in [0.717, 1.165) is 23.1 Å². The van der Waals surface area contributed by atoms with Crippen molar-refractivity contribution in [2.45, 2.75) is 6.36 Å². The van der Waals surface area contributed by atoms with E-state index in [0.29, 0.717) is 12.1 Å². The van der Waals surface area contributed by atoms with Gasteiger partial charge in [0.25, 0.3) is 5.91 Å². The van der Waals surface area contributed by atoms with Crippen LogP contribution in [0, 0.1) is 11.6 Å². The first-order valence-corrected chi connectivity index (χ1v) is 7.75. The largest absolute Gasteiger partial charge is 0.573 e. The third kappa shape index (κ3) is 5.92. The number of hydrogen-bond donors (Lipinski definition) is 2. The van der Waals surface area contributed by atoms with Gasteiger partial charge in [0.15, 0.2) is 23.7 Å². The molecule has 0 aliphatic carbocycles. The lowest BCUT2D eigenvalue weighted by molar-refractivity contribution is -0.274. The lowest BCUT2D eigenvalue weighted by Crippen LogP contribution is -2.25. The van der Waals surface area contributed by atoms with Crippen LogP contribution < -0.4 is 15.0 Å². The Kier molecular flexibility index (Phi) is 6.42. The molecule has 0 heterocycles. The average molecular weight is 416 g/mol. The standard InChI is InChI=1S/C18H13F5N2O4/c1-25(12-2-4-13(5-3-12)29-18(21,22)23)16(27)8-11(9-26)24-10-6-14(19)17(28)15(20)7-10/h2-9,24,28H,1H3/b11-8+. The molecule has 6 nitrogen and oxygen atoms in total. The van der Waals surface area contributed by atoms with Crippen LogP contribution in [-0.4, -0.2) is 30.7 Å². The van der Waals surface area contributed by atoms with Crippen LogP contribution in [0.15, 0.2) is 48.2 Å². The lowest BCUT2D eigenvalue weighted by atomic mass is 10.2. The Balaban J connectivity index is 2.15. The molecular formula is C18H13F5N2O4. The lowest BCUT2D eigenvalue weighted by Gasteiger charge is -2.17. The number of benzene rings is 2. The number of rotatable bonds is 6. The van der Waals surface area contributed by atoms with Crippen molar-refractivity contribution in [1.82, 2.24) is 0 Å². The molecule has 0 radical (unpaired) electrons. The normalized spacial score (nSPS) is 11.7. The van der Waals surface area contributed by atoms with Crippen molar-refractivity contribution in [3.8, 4) is 11.5 Å². The second-order valence-corrected chi connectivity index (χ2v) is 5.57. The molecule has 0 bridgehead atoms. The Bertz CT molecular complexity index is 919. The number of hydrogen-bond acceptors (Lipinski definition) is 5. The minimum absolute atomic E-state index is 0.188. The SMILES string of the molecule is CN(C(=O)/C=C(\C=O)Nc1cc(F)c(O)c(F)c1)c1ccc(OC(F)(F)F)cc1. The van der Waals surface area contributed by atoms with Crippen molar-refractivity contribution in [1.29, 1.82) is 0 Å². The Morgan fingerprint density at radius 1 is 1.14 bits per heavy atom. The van der Waals surface area contributed by atoms with Crippen LogP contribution in [0.5, 0.6) is 11.5 Å². The molecule has 2 aromatic carbocycles. The Hall–Kier alpha value is -3.63. The van der Waals surface area contributed by atoms with Crippen LogP contribution >= 0.6 is 0 Å². The number of anilines is 2. The molecule has 0 saturated carbocycles. The van der Waals surface area contributed by atoms with Crippen LogP contribution in [-0.2, 0) is 9.59 Å². The number of allylic oxidation sites excluding steroid dienone is 1. The zero-order chi connectivity index (χ0) is 21.8. The predicted molar refractivity (Wildman–Crippen MR) is 92.3 cm³/mol. The molecule has 0 aromatic heterocycles. The minimum atomic E-state index is -4.86. The number of nitrogens with one attached hydrogen (secondary N) is 1. The molecule has 0 aliphatic heterocycles. The van der Waals surface area contributed by atoms with Gasteiger partial charge in [-0.3, -0.25) is 9.59 Å². The minimum Gasteiger partial charge on any atom is -0.503 e. The first kappa shape index (κ1) is 21.7. The van der Waals surface area contributed by atoms with Crippen molar-refractivity contribution in [3.63, 3.8) is 0 Å². The average Bonchev–Trinajstić information content (AvgIpc) is 2.64. The Labute approximate surface area is 160 Å². The van der Waals surface area contributed by atoms with Gasteiger partial charge >= 0.3 is 6.36 Å². The van der Waals surface area contributed by atoms with E-state index < -0.39 is 35.4 Å². The number of phenols is 1. The highest BCUT2D eigenvalue weighted by Crippen LogP contribution is 2.26. The van der Waals surface area contributed by atoms with Gasteiger partial charge in [-0.25, -0.2) is 8.78 Å². The molecule has 29 heavy (non-hydrogen) atoms. The number of likely N-dealkylation sites (N-methyl/N-ethyl adjacent to an activating group) is 1. The topological polar surface area (TPSA) is 78.9 Å². The maximum atomic E-state index is 13.3. The summed E-state index contributed by atoms with van der Waals surface area (Å²) in [4.78, 5) is 24.4. The maximum Gasteiger partial charge on any atom is 0.573 e. The predicted octanol–water partition coefficient (Wildman–Crippen LogP) is 3.73. The highest BCUT2D eigenvalue weighted by atomic mass is 19.4. The molecule has 2 aromatic rings. The summed E-state index contributed by atoms with van der Waals surface area (Å²) in [5.74, 6) is -4.99. The summed E-state index contributed by atoms with van der Waals surface area (Å²) >= 11 is 0. The van der Waals surface area contributed by atoms with Crippen molar-refractivity contribution in [2.24, 2.45) is 0 Å². The van der Waals surface area contributed by atoms with E-state index in [9.17, 15) is 31.5 Å². The number of phenolic OH excluding ortho intramolecular Hbond substituents is 1. The first-order chi connectivity index (χ1) is 13.5. The molecule has 0 fully saturated rings. The summed E-state index contributed by atoms with van der Waals surface area (Å²) in [6, 6.07) is 5.79. The van der Waals surface area contributed by atoms with Gasteiger partial charge in [-0.05, 0) is 24.3 Å². The number of nitrogens with zero attached hydrogens (tertiary/aromatic N) is 1. The molecule has 1 amide bonds. The molecule has 11 heteroatoms. The number of carbonyl (C=O) groups is 2. The summed E-state index contributed by atoms with van der Waals surface area (Å²) in [5, 5.41) is 11.4. The summed E-state index contributed by atoms with van der Waals surface area (Å²) < 4.78 is 66.9. The highest BCUT2D eigenvalue weighted by molar-refractivity contribution is 6.04. The number of halogens is 5. The third-order valence-electron chi connectivity index (χ3n) is 3.50. The smallest absolute Gasteiger partial charge is 0.503 e. The molecule has 154 valence electrons. The van der Waals surface area contributed by atoms with E-state index in [2.05, 4.69) is 10.1 Å². The van der Waals surface area contributed by atoms with Crippen LogP contribution in [0.1, 0.15) is 0 Å². The fourth-order valence-electron chi connectivity index (χ4n) is 2.13. The van der Waals surface area contributed by atoms with Crippen LogP contribution in [0.4, 0.5) is 33.3 Å². The van der Waals surface area contributed by atoms with E-state index >= 15 is 0 Å². The molecule has 0 atom stereocenters. The van der Waals surface area contributed by atoms with Crippen LogP contribution in [0.3, 0.4) is 0 Å². The van der Waals surface area contributed by atoms with E-state index in [-0.39, 0.29) is 23.4 Å². The molecule has 0 saturated heterocycles. The van der Waals surface area contributed by atoms with Crippen molar-refractivity contribution in [2.75, 3.05) is 17.3 Å². The number of aldehydes is 1. The quantitative estimate of drug-likeness (QED) is 0.325. The first-order valence-electron chi connectivity index (χ1n) is 7.75. The van der Waals surface area contributed by atoms with Gasteiger partial charge in [0.1, 0.15) is 5.75 Å². The number of amides is 1. The maximum absolute atomic E-state index is 13.3. The molecule has 2 rings (SSSR count). The van der Waals surface area contributed by atoms with Crippen LogP contribution in [0.25, 0.3) is 0 Å². The summed E-state index contributed by atoms with van der Waals surface area (Å²) in [7, 11) is 1.29. The summed E-state index contributed by atoms with van der Waals surface area (Å²) in [6.07, 6.45) is -3.83. The van der Waals surface area contributed by atoms with Gasteiger partial charge < -0.3 is 20.1 Å². The van der Waals surface area contributed by atoms with Gasteiger partial charge in [0.2, 0.25) is 0 Å². The zero-order valence-electron chi connectivity index (χ0n) is 14.6. The second-order valence-electron chi connectivity index (χ2n) is 5.57. The van der Waals surface area contributed by atoms with Gasteiger partial charge in [0, 0.05) is 36.6 Å². The highest BCUT2D eigenvalue weighted by Gasteiger charge is 2.31. The molecular weight excluding hydrogens is 403 g/mol. The monoisotopic (exact) mass is 416 g/mol. The van der Waals surface area contributed by atoms with Gasteiger partial charge in [-0.15, -0.1) is 13.2 Å². The molecule has 0 spiro atoms. The molecule has 2 N–H and O–H groups in total. The summed E-state index contributed by atoms with van der Waals surface area (Å²) in [6.45, 7) is 0. The number of aromatic hydroxyl groups is 1. The van der Waals surface area contributed by atoms with Crippen LogP contribution in [0.2, 0.25) is 0 Å². The van der Waals surface area contributed by atoms with E-state index in [1.54, 1.807) is 0 Å². The van der Waals surface area contributed by atoms with Crippen molar-refractivity contribution < 1.29 is 41.4 Å². The van der Waals surface area contributed by atoms with Gasteiger partial charge in [-0.1, -0.05) is 0 Å². The van der Waals surface area contributed by atoms with Crippen molar-refractivity contribution >= 4 is 23.6 Å². The van der Waals surface area contributed by atoms with E-state index in [1.807, 2.05) is 0 Å². The fraction of sp³-hybridized carbons (Fsp3) is 0.111. The number of carbonyl (C=O) groups excluding carboxylic acids is 2. The zero-order valence-corrected chi connectivity index (χ0v) is 14.6. The van der Waals surface area contributed by atoms with Gasteiger partial charge in [-0.2, -0.15) is 0 Å². The van der Waals surface area contributed by atoms with Gasteiger partial charge in [0.05, 0.1) is 5.70 Å². The number of ether oxygens (including phenoxy) is 1. The van der Waals surface area contributed by atoms with E-state index in [1.165, 1.54) is 19.2 Å². The van der Waals surface area contributed by atoms with E-state index in [4.69, 9.17) is 5.11 Å². The number of alkyl halides is 3. The third-order valence-corrected chi connectivity index (χ3v) is 3.50. The summed E-state index contributed by atoms with van der Waals surface area (Å²) in [5.41, 5.74) is -0.406. The van der Waals surface area contributed by atoms with Crippen molar-refractivity contribution in [3.05, 3.63) is 59.8 Å². The Morgan fingerprint density at radius 3 is 2.17 bits per heavy atom. The second kappa shape index (κ2) is 8.59.